The van der Waals surface area contributed by atoms with E-state index in [1.807, 2.05) is 35.7 Å². The first kappa shape index (κ1) is 14.2. The third kappa shape index (κ3) is 2.81. The van der Waals surface area contributed by atoms with E-state index in [1.165, 1.54) is 23.5 Å². The minimum Gasteiger partial charge on any atom is -0.454 e. The standard InChI is InChI=1S/C17H10ClFN2OS/c18-12-8-11(5-6-13(12)19)20-17-21-14(9-23-17)16-7-10-3-1-2-4-15(10)22-16/h1-9H,(H,20,21). The van der Waals surface area contributed by atoms with Crippen LogP contribution < -0.4 is 5.32 Å². The summed E-state index contributed by atoms with van der Waals surface area (Å²) >= 11 is 7.22. The first-order chi connectivity index (χ1) is 11.2. The molecular formula is C17H10ClFN2OS. The van der Waals surface area contributed by atoms with Crippen LogP contribution in [0.1, 0.15) is 0 Å². The Hall–Kier alpha value is -2.37. The third-order valence-electron chi connectivity index (χ3n) is 3.35. The second-order valence-corrected chi connectivity index (χ2v) is 6.21. The third-order valence-corrected chi connectivity index (χ3v) is 4.40. The van der Waals surface area contributed by atoms with Crippen molar-refractivity contribution in [1.29, 1.82) is 0 Å². The van der Waals surface area contributed by atoms with E-state index in [0.29, 0.717) is 16.6 Å². The van der Waals surface area contributed by atoms with Gasteiger partial charge in [0, 0.05) is 16.5 Å². The SMILES string of the molecule is Fc1ccc(Nc2nc(-c3cc4ccccc4o3)cs2)cc1Cl. The fraction of sp³-hybridized carbons (Fsp3) is 0. The topological polar surface area (TPSA) is 38.1 Å². The second kappa shape index (κ2) is 5.68. The molecule has 0 aliphatic carbocycles. The molecule has 0 unspecified atom stereocenters. The Morgan fingerprint density at radius 1 is 1.13 bits per heavy atom. The number of benzene rings is 2. The van der Waals surface area contributed by atoms with Crippen LogP contribution in [0.5, 0.6) is 0 Å². The zero-order chi connectivity index (χ0) is 15.8. The van der Waals surface area contributed by atoms with Gasteiger partial charge in [-0.05, 0) is 30.3 Å². The summed E-state index contributed by atoms with van der Waals surface area (Å²) in [5.74, 6) is 0.270. The van der Waals surface area contributed by atoms with Crippen LogP contribution in [0.25, 0.3) is 22.4 Å². The molecule has 1 N–H and O–H groups in total. The number of nitrogens with zero attached hydrogens (tertiary/aromatic N) is 1. The van der Waals surface area contributed by atoms with Gasteiger partial charge in [0.05, 0.1) is 5.02 Å². The van der Waals surface area contributed by atoms with Gasteiger partial charge >= 0.3 is 0 Å². The number of aromatic nitrogens is 1. The molecule has 2 heterocycles. The largest absolute Gasteiger partial charge is 0.454 e. The predicted octanol–water partition coefficient (Wildman–Crippen LogP) is 6.09. The quantitative estimate of drug-likeness (QED) is 0.488. The molecule has 2 aromatic carbocycles. The molecule has 0 aliphatic rings. The van der Waals surface area contributed by atoms with Crippen molar-refractivity contribution in [2.75, 3.05) is 5.32 Å². The van der Waals surface area contributed by atoms with E-state index in [-0.39, 0.29) is 5.02 Å². The predicted molar refractivity (Wildman–Crippen MR) is 92.0 cm³/mol. The number of hydrogen-bond acceptors (Lipinski definition) is 4. The Kier molecular flexibility index (Phi) is 3.52. The number of halogens is 2. The van der Waals surface area contributed by atoms with E-state index in [2.05, 4.69) is 10.3 Å². The second-order valence-electron chi connectivity index (χ2n) is 4.94. The molecule has 0 amide bonds. The molecule has 0 fully saturated rings. The van der Waals surface area contributed by atoms with Gasteiger partial charge in [-0.1, -0.05) is 29.8 Å². The van der Waals surface area contributed by atoms with Gasteiger partial charge in [0.25, 0.3) is 0 Å². The molecule has 0 aliphatic heterocycles. The van der Waals surface area contributed by atoms with Crippen LogP contribution >= 0.6 is 22.9 Å². The normalized spacial score (nSPS) is 11.0. The van der Waals surface area contributed by atoms with Crippen LogP contribution in [0.2, 0.25) is 5.02 Å². The maximum absolute atomic E-state index is 13.2. The number of rotatable bonds is 3. The Morgan fingerprint density at radius 3 is 2.83 bits per heavy atom. The van der Waals surface area contributed by atoms with Gasteiger partial charge in [0.2, 0.25) is 0 Å². The average molecular weight is 345 g/mol. The Morgan fingerprint density at radius 2 is 2.00 bits per heavy atom. The van der Waals surface area contributed by atoms with Gasteiger partial charge in [0.1, 0.15) is 17.1 Å². The molecule has 0 saturated carbocycles. The summed E-state index contributed by atoms with van der Waals surface area (Å²) in [6.07, 6.45) is 0. The van der Waals surface area contributed by atoms with E-state index in [1.54, 1.807) is 6.07 Å². The molecule has 4 rings (SSSR count). The lowest BCUT2D eigenvalue weighted by molar-refractivity contribution is 0.628. The molecule has 0 spiro atoms. The number of anilines is 2. The molecule has 4 aromatic rings. The van der Waals surface area contributed by atoms with Gasteiger partial charge in [-0.15, -0.1) is 11.3 Å². The van der Waals surface area contributed by atoms with Gasteiger partial charge in [-0.3, -0.25) is 0 Å². The lowest BCUT2D eigenvalue weighted by Crippen LogP contribution is -1.90. The van der Waals surface area contributed by atoms with Crippen LogP contribution in [0, 0.1) is 5.82 Å². The van der Waals surface area contributed by atoms with E-state index >= 15 is 0 Å². The first-order valence-electron chi connectivity index (χ1n) is 6.85. The number of nitrogens with one attached hydrogen (secondary N) is 1. The van der Waals surface area contributed by atoms with Crippen molar-refractivity contribution in [1.82, 2.24) is 4.98 Å². The summed E-state index contributed by atoms with van der Waals surface area (Å²) in [6.45, 7) is 0. The van der Waals surface area contributed by atoms with E-state index in [9.17, 15) is 4.39 Å². The minimum atomic E-state index is -0.445. The summed E-state index contributed by atoms with van der Waals surface area (Å²) < 4.78 is 19.0. The van der Waals surface area contributed by atoms with Crippen molar-refractivity contribution in [3.63, 3.8) is 0 Å². The van der Waals surface area contributed by atoms with Crippen molar-refractivity contribution in [2.24, 2.45) is 0 Å². The van der Waals surface area contributed by atoms with Crippen LogP contribution in [-0.4, -0.2) is 4.98 Å². The highest BCUT2D eigenvalue weighted by atomic mass is 35.5. The Labute approximate surface area is 140 Å². The highest BCUT2D eigenvalue weighted by Gasteiger charge is 2.10. The van der Waals surface area contributed by atoms with Gasteiger partial charge in [0.15, 0.2) is 10.9 Å². The fourth-order valence-corrected chi connectivity index (χ4v) is 3.15. The van der Waals surface area contributed by atoms with Crippen molar-refractivity contribution in [3.05, 3.63) is 64.8 Å². The highest BCUT2D eigenvalue weighted by molar-refractivity contribution is 7.14. The molecule has 3 nitrogen and oxygen atoms in total. The van der Waals surface area contributed by atoms with Crippen molar-refractivity contribution in [2.45, 2.75) is 0 Å². The van der Waals surface area contributed by atoms with Crippen LogP contribution in [-0.2, 0) is 0 Å². The number of thiazole rings is 1. The molecule has 6 heteroatoms. The van der Waals surface area contributed by atoms with E-state index < -0.39 is 5.82 Å². The van der Waals surface area contributed by atoms with Crippen LogP contribution in [0.15, 0.2) is 58.3 Å². The molecule has 0 saturated heterocycles. The lowest BCUT2D eigenvalue weighted by atomic mass is 10.2. The van der Waals surface area contributed by atoms with Crippen molar-refractivity contribution in [3.8, 4) is 11.5 Å². The molecule has 114 valence electrons. The van der Waals surface area contributed by atoms with Gasteiger partial charge in [-0.25, -0.2) is 9.37 Å². The number of fused-ring (bicyclic) bond motifs is 1. The zero-order valence-electron chi connectivity index (χ0n) is 11.7. The summed E-state index contributed by atoms with van der Waals surface area (Å²) in [5, 5.41) is 6.81. The van der Waals surface area contributed by atoms with Crippen LogP contribution in [0.4, 0.5) is 15.2 Å². The fourth-order valence-electron chi connectivity index (χ4n) is 2.25. The summed E-state index contributed by atoms with van der Waals surface area (Å²) in [5.41, 5.74) is 2.26. The maximum atomic E-state index is 13.2. The Balaban J connectivity index is 1.62. The summed E-state index contributed by atoms with van der Waals surface area (Å²) in [7, 11) is 0. The smallest absolute Gasteiger partial charge is 0.187 e. The zero-order valence-corrected chi connectivity index (χ0v) is 13.3. The lowest BCUT2D eigenvalue weighted by Gasteiger charge is -2.03. The first-order valence-corrected chi connectivity index (χ1v) is 8.11. The van der Waals surface area contributed by atoms with Crippen molar-refractivity contribution < 1.29 is 8.81 Å². The molecule has 2 aromatic heterocycles. The maximum Gasteiger partial charge on any atom is 0.187 e. The molecular weight excluding hydrogens is 335 g/mol. The monoisotopic (exact) mass is 344 g/mol. The van der Waals surface area contributed by atoms with Gasteiger partial charge in [-0.2, -0.15) is 0 Å². The molecule has 0 atom stereocenters. The molecule has 0 bridgehead atoms. The summed E-state index contributed by atoms with van der Waals surface area (Å²) in [6, 6.07) is 14.2. The van der Waals surface area contributed by atoms with Crippen molar-refractivity contribution >= 4 is 44.7 Å². The number of para-hydroxylation sites is 1. The Bertz CT molecular complexity index is 962. The van der Waals surface area contributed by atoms with E-state index in [4.69, 9.17) is 16.0 Å². The summed E-state index contributed by atoms with van der Waals surface area (Å²) in [4.78, 5) is 4.50. The molecule has 23 heavy (non-hydrogen) atoms. The molecule has 0 radical (unpaired) electrons. The average Bonchev–Trinajstić information content (AvgIpc) is 3.17. The number of hydrogen-bond donors (Lipinski definition) is 1. The highest BCUT2D eigenvalue weighted by Crippen LogP contribution is 2.31. The van der Waals surface area contributed by atoms with E-state index in [0.717, 1.165) is 16.7 Å². The van der Waals surface area contributed by atoms with Gasteiger partial charge < -0.3 is 9.73 Å². The minimum absolute atomic E-state index is 0.0732. The number of furan rings is 1. The van der Waals surface area contributed by atoms with Crippen LogP contribution in [0.3, 0.4) is 0 Å².